The van der Waals surface area contributed by atoms with Crippen molar-refractivity contribution in [3.8, 4) is 0 Å². The van der Waals surface area contributed by atoms with Crippen LogP contribution in [0.3, 0.4) is 0 Å². The molecule has 9 heteroatoms. The van der Waals surface area contributed by atoms with Crippen molar-refractivity contribution in [2.45, 2.75) is 33.0 Å². The van der Waals surface area contributed by atoms with Crippen LogP contribution in [0.1, 0.15) is 31.5 Å². The van der Waals surface area contributed by atoms with Gasteiger partial charge in [0.1, 0.15) is 0 Å². The second-order valence-electron chi connectivity index (χ2n) is 6.86. The number of hydrogen-bond acceptors (Lipinski definition) is 3. The number of anilines is 1. The molecule has 5 nitrogen and oxygen atoms in total. The predicted molar refractivity (Wildman–Crippen MR) is 116 cm³/mol. The highest BCUT2D eigenvalue weighted by atomic mass is 35.5. The van der Waals surface area contributed by atoms with Gasteiger partial charge in [-0.25, -0.2) is 0 Å². The molecule has 3 rings (SSSR count). The first-order valence-corrected chi connectivity index (χ1v) is 9.40. The largest absolute Gasteiger partial charge is 0.417 e. The van der Waals surface area contributed by atoms with Crippen LogP contribution in [-0.4, -0.2) is 22.2 Å². The van der Waals surface area contributed by atoms with Crippen molar-refractivity contribution in [2.75, 3.05) is 11.9 Å². The number of alkyl halides is 3. The molecule has 1 heterocycles. The number of halogens is 4. The van der Waals surface area contributed by atoms with Gasteiger partial charge in [-0.3, -0.25) is 9.59 Å². The van der Waals surface area contributed by atoms with Gasteiger partial charge in [0.15, 0.2) is 0 Å². The zero-order valence-electron chi connectivity index (χ0n) is 15.8. The summed E-state index contributed by atoms with van der Waals surface area (Å²) in [5, 5.41) is 12.3. The van der Waals surface area contributed by atoms with E-state index in [0.717, 1.165) is 12.1 Å². The molecule has 3 aromatic rings. The van der Waals surface area contributed by atoms with Gasteiger partial charge in [0.25, 0.3) is 5.56 Å². The van der Waals surface area contributed by atoms with Crippen molar-refractivity contribution >= 4 is 34.0 Å². The number of benzene rings is 2. The number of amides is 1. The fourth-order valence-electron chi connectivity index (χ4n) is 3.12. The summed E-state index contributed by atoms with van der Waals surface area (Å²) in [6.45, 7) is 1.49. The molecule has 1 atom stereocenters. The standard InChI is InChI=1S/C21H18ClF3N2O3.CH4/c1-12(11-28)27-8-7-14-15(20(27)30)3-2-4-18(14)26-19(29)10-13-5-6-17(22)16(9-13)21(23,24)25;/h2-9,12,28H,10-11H2,1H3,(H,26,29);1H4/t12-;/m1./s1. The molecule has 0 bridgehead atoms. The van der Waals surface area contributed by atoms with Gasteiger partial charge in [0.05, 0.1) is 29.7 Å². The normalized spacial score (nSPS) is 12.3. The van der Waals surface area contributed by atoms with Crippen molar-refractivity contribution in [1.29, 1.82) is 0 Å². The van der Waals surface area contributed by atoms with E-state index in [0.29, 0.717) is 16.5 Å². The molecular weight excluding hydrogens is 433 g/mol. The molecule has 0 radical (unpaired) electrons. The fourth-order valence-corrected chi connectivity index (χ4v) is 3.34. The first kappa shape index (κ1) is 24.4. The molecular formula is C22H22ClF3N2O3. The Hall–Kier alpha value is -2.84. The lowest BCUT2D eigenvalue weighted by atomic mass is 10.1. The number of aliphatic hydroxyl groups excluding tert-OH is 1. The zero-order chi connectivity index (χ0) is 22.1. The van der Waals surface area contributed by atoms with Crippen LogP contribution in [0.5, 0.6) is 0 Å². The van der Waals surface area contributed by atoms with Gasteiger partial charge >= 0.3 is 6.18 Å². The minimum Gasteiger partial charge on any atom is -0.394 e. The summed E-state index contributed by atoms with van der Waals surface area (Å²) in [6.07, 6.45) is -3.39. The molecule has 0 aliphatic carbocycles. The first-order valence-electron chi connectivity index (χ1n) is 9.02. The summed E-state index contributed by atoms with van der Waals surface area (Å²) in [6, 6.07) is 9.34. The monoisotopic (exact) mass is 454 g/mol. The highest BCUT2D eigenvalue weighted by Crippen LogP contribution is 2.35. The van der Waals surface area contributed by atoms with Crippen LogP contribution in [0.2, 0.25) is 5.02 Å². The smallest absolute Gasteiger partial charge is 0.394 e. The SMILES string of the molecule is C.C[C@H](CO)n1ccc2c(NC(=O)Cc3ccc(Cl)c(C(F)(F)F)c3)cccc2c1=O. The van der Waals surface area contributed by atoms with Crippen LogP contribution in [0, 0.1) is 0 Å². The summed E-state index contributed by atoms with van der Waals surface area (Å²) in [4.78, 5) is 25.1. The molecule has 0 spiro atoms. The molecule has 0 saturated heterocycles. The van der Waals surface area contributed by atoms with E-state index in [1.165, 1.54) is 16.8 Å². The number of nitrogens with zero attached hydrogens (tertiary/aromatic N) is 1. The quantitative estimate of drug-likeness (QED) is 0.567. The summed E-state index contributed by atoms with van der Waals surface area (Å²) < 4.78 is 40.4. The van der Waals surface area contributed by atoms with Crippen LogP contribution in [-0.2, 0) is 17.4 Å². The molecule has 1 aromatic heterocycles. The summed E-state index contributed by atoms with van der Waals surface area (Å²) in [5.41, 5.74) is -0.803. The molecule has 0 aliphatic heterocycles. The van der Waals surface area contributed by atoms with E-state index in [2.05, 4.69) is 5.32 Å². The zero-order valence-corrected chi connectivity index (χ0v) is 16.6. The van der Waals surface area contributed by atoms with E-state index in [-0.39, 0.29) is 31.6 Å². The summed E-state index contributed by atoms with van der Waals surface area (Å²) >= 11 is 5.60. The van der Waals surface area contributed by atoms with Crippen LogP contribution in [0.25, 0.3) is 10.8 Å². The molecule has 0 fully saturated rings. The van der Waals surface area contributed by atoms with E-state index in [4.69, 9.17) is 11.6 Å². The Morgan fingerprint density at radius 1 is 1.19 bits per heavy atom. The number of fused-ring (bicyclic) bond motifs is 1. The second kappa shape index (κ2) is 9.53. The van der Waals surface area contributed by atoms with Gasteiger partial charge in [-0.05, 0) is 42.8 Å². The van der Waals surface area contributed by atoms with Gasteiger partial charge in [-0.15, -0.1) is 0 Å². The molecule has 0 aliphatic rings. The number of hydrogen-bond donors (Lipinski definition) is 2. The van der Waals surface area contributed by atoms with Crippen LogP contribution in [0.4, 0.5) is 18.9 Å². The third-order valence-corrected chi connectivity index (χ3v) is 5.02. The number of nitrogens with one attached hydrogen (secondary N) is 1. The topological polar surface area (TPSA) is 71.3 Å². The number of pyridine rings is 1. The Balaban J connectivity index is 0.00000341. The van der Waals surface area contributed by atoms with Gasteiger partial charge in [0.2, 0.25) is 5.91 Å². The Kier molecular flexibility index (Phi) is 7.51. The predicted octanol–water partition coefficient (Wildman–Crippen LogP) is 5.04. The van der Waals surface area contributed by atoms with Gasteiger partial charge in [-0.1, -0.05) is 31.2 Å². The Morgan fingerprint density at radius 3 is 2.55 bits per heavy atom. The van der Waals surface area contributed by atoms with Gasteiger partial charge in [-0.2, -0.15) is 13.2 Å². The van der Waals surface area contributed by atoms with E-state index in [1.54, 1.807) is 31.2 Å². The van der Waals surface area contributed by atoms with Gasteiger partial charge < -0.3 is 15.0 Å². The van der Waals surface area contributed by atoms with Crippen molar-refractivity contribution in [1.82, 2.24) is 4.57 Å². The van der Waals surface area contributed by atoms with E-state index < -0.39 is 28.7 Å². The Labute approximate surface area is 182 Å². The third-order valence-electron chi connectivity index (χ3n) is 4.69. The Morgan fingerprint density at radius 2 is 1.90 bits per heavy atom. The molecule has 2 N–H and O–H groups in total. The summed E-state index contributed by atoms with van der Waals surface area (Å²) in [7, 11) is 0. The fraction of sp³-hybridized carbons (Fsp3) is 0.273. The molecule has 0 saturated carbocycles. The number of rotatable bonds is 5. The molecule has 0 unspecified atom stereocenters. The maximum absolute atomic E-state index is 13.0. The van der Waals surface area contributed by atoms with Gasteiger partial charge in [0, 0.05) is 22.7 Å². The lowest BCUT2D eigenvalue weighted by Crippen LogP contribution is -2.25. The number of aliphatic hydroxyl groups is 1. The van der Waals surface area contributed by atoms with Crippen LogP contribution in [0.15, 0.2) is 53.5 Å². The average molecular weight is 455 g/mol. The lowest BCUT2D eigenvalue weighted by Gasteiger charge is -2.15. The highest BCUT2D eigenvalue weighted by molar-refractivity contribution is 6.31. The van der Waals surface area contributed by atoms with E-state index in [9.17, 15) is 27.9 Å². The maximum atomic E-state index is 13.0. The number of carbonyl (C=O) groups excluding carboxylic acids is 1. The van der Waals surface area contributed by atoms with Crippen molar-refractivity contribution < 1.29 is 23.1 Å². The van der Waals surface area contributed by atoms with Crippen molar-refractivity contribution in [3.05, 3.63) is 75.2 Å². The second-order valence-corrected chi connectivity index (χ2v) is 7.27. The average Bonchev–Trinajstić information content (AvgIpc) is 2.69. The number of aromatic nitrogens is 1. The minimum atomic E-state index is -4.62. The van der Waals surface area contributed by atoms with E-state index >= 15 is 0 Å². The lowest BCUT2D eigenvalue weighted by molar-refractivity contribution is -0.137. The van der Waals surface area contributed by atoms with E-state index in [1.807, 2.05) is 0 Å². The third kappa shape index (κ3) is 5.26. The molecule has 166 valence electrons. The maximum Gasteiger partial charge on any atom is 0.417 e. The van der Waals surface area contributed by atoms with Crippen LogP contribution < -0.4 is 10.9 Å². The summed E-state index contributed by atoms with van der Waals surface area (Å²) in [5.74, 6) is -0.536. The highest BCUT2D eigenvalue weighted by Gasteiger charge is 2.33. The number of carbonyl (C=O) groups is 1. The Bertz CT molecular complexity index is 1160. The minimum absolute atomic E-state index is 0. The van der Waals surface area contributed by atoms with Crippen LogP contribution >= 0.6 is 11.6 Å². The molecule has 2 aromatic carbocycles. The van der Waals surface area contributed by atoms with Crippen molar-refractivity contribution in [2.24, 2.45) is 0 Å². The first-order chi connectivity index (χ1) is 14.1. The molecule has 31 heavy (non-hydrogen) atoms. The van der Waals surface area contributed by atoms with Crippen molar-refractivity contribution in [3.63, 3.8) is 0 Å². The molecule has 1 amide bonds.